The number of hydrogen-bond acceptors (Lipinski definition) is 4. The Kier molecular flexibility index (Phi) is 3.90. The summed E-state index contributed by atoms with van der Waals surface area (Å²) in [6, 6.07) is 16.1. The van der Waals surface area contributed by atoms with E-state index in [-0.39, 0.29) is 0 Å². The van der Waals surface area contributed by atoms with Crippen molar-refractivity contribution in [1.29, 1.82) is 5.26 Å². The number of nitriles is 1. The maximum Gasteiger partial charge on any atom is 0.117 e. The summed E-state index contributed by atoms with van der Waals surface area (Å²) in [6.45, 7) is 0. The van der Waals surface area contributed by atoms with E-state index >= 15 is 0 Å². The number of hydrogen-bond donors (Lipinski definition) is 0. The molecule has 22 heavy (non-hydrogen) atoms. The smallest absolute Gasteiger partial charge is 0.117 e. The summed E-state index contributed by atoms with van der Waals surface area (Å²) in [4.78, 5) is 6.64. The molecule has 0 atom stereocenters. The van der Waals surface area contributed by atoms with Gasteiger partial charge >= 0.3 is 0 Å². The molecule has 0 amide bonds. The summed E-state index contributed by atoms with van der Waals surface area (Å²) in [6.07, 6.45) is 4.07. The number of anilines is 1. The zero-order chi connectivity index (χ0) is 15.5. The zero-order valence-corrected chi connectivity index (χ0v) is 13.3. The van der Waals surface area contributed by atoms with E-state index in [9.17, 15) is 0 Å². The quantitative estimate of drug-likeness (QED) is 0.720. The highest BCUT2D eigenvalue weighted by molar-refractivity contribution is 7.19. The van der Waals surface area contributed by atoms with Crippen LogP contribution in [0, 0.1) is 11.3 Å². The van der Waals surface area contributed by atoms with E-state index in [1.165, 1.54) is 5.69 Å². The van der Waals surface area contributed by atoms with Gasteiger partial charge in [-0.15, -0.1) is 11.3 Å². The summed E-state index contributed by atoms with van der Waals surface area (Å²) in [7, 11) is 4.06. The van der Waals surface area contributed by atoms with Gasteiger partial charge in [-0.25, -0.2) is 4.98 Å². The normalized spacial score (nSPS) is 11.0. The molecule has 0 radical (unpaired) electrons. The highest BCUT2D eigenvalue weighted by atomic mass is 32.1. The van der Waals surface area contributed by atoms with E-state index < -0.39 is 0 Å². The second-order valence-corrected chi connectivity index (χ2v) is 6.23. The minimum absolute atomic E-state index is 0.672. The van der Waals surface area contributed by atoms with Gasteiger partial charge in [0.15, 0.2) is 0 Å². The Bertz CT molecular complexity index is 867. The van der Waals surface area contributed by atoms with Crippen LogP contribution in [0.3, 0.4) is 0 Å². The van der Waals surface area contributed by atoms with Gasteiger partial charge in [0, 0.05) is 19.8 Å². The van der Waals surface area contributed by atoms with Gasteiger partial charge in [-0.2, -0.15) is 5.26 Å². The number of nitrogens with zero attached hydrogens (tertiary/aromatic N) is 3. The molecule has 3 aromatic rings. The third kappa shape index (κ3) is 3.00. The number of fused-ring (bicyclic) bond motifs is 1. The first-order valence-corrected chi connectivity index (χ1v) is 7.73. The van der Waals surface area contributed by atoms with Crippen molar-refractivity contribution in [2.24, 2.45) is 0 Å². The fraction of sp³-hybridized carbons (Fsp3) is 0.111. The molecule has 0 aliphatic rings. The van der Waals surface area contributed by atoms with Gasteiger partial charge in [0.05, 0.1) is 21.8 Å². The van der Waals surface area contributed by atoms with Gasteiger partial charge in [-0.3, -0.25) is 0 Å². The van der Waals surface area contributed by atoms with E-state index in [2.05, 4.69) is 46.3 Å². The molecule has 0 saturated carbocycles. The van der Waals surface area contributed by atoms with E-state index in [0.717, 1.165) is 20.8 Å². The summed E-state index contributed by atoms with van der Waals surface area (Å²) in [5, 5.41) is 9.88. The van der Waals surface area contributed by atoms with Crippen molar-refractivity contribution in [3.05, 3.63) is 58.6 Å². The molecule has 0 bridgehead atoms. The molecule has 1 aromatic heterocycles. The Hall–Kier alpha value is -2.64. The zero-order valence-electron chi connectivity index (χ0n) is 12.4. The van der Waals surface area contributed by atoms with Gasteiger partial charge in [-0.05, 0) is 42.0 Å². The maximum absolute atomic E-state index is 8.93. The summed E-state index contributed by atoms with van der Waals surface area (Å²) in [5.41, 5.74) is 3.93. The maximum atomic E-state index is 8.93. The number of aromatic nitrogens is 1. The van der Waals surface area contributed by atoms with Gasteiger partial charge in [0.1, 0.15) is 5.01 Å². The first-order chi connectivity index (χ1) is 10.7. The Morgan fingerprint density at radius 1 is 1.09 bits per heavy atom. The molecule has 0 unspecified atom stereocenters. The standard InChI is InChI=1S/C18H15N3S/c1-21(2)15-7-3-13(4-8-15)6-10-18-20-16-9-5-14(12-19)11-17(16)22-18/h3-11H,1-2H3. The van der Waals surface area contributed by atoms with E-state index in [1.807, 2.05) is 32.3 Å². The predicted octanol–water partition coefficient (Wildman–Crippen LogP) is 4.40. The highest BCUT2D eigenvalue weighted by Gasteiger charge is 2.02. The van der Waals surface area contributed by atoms with Crippen LogP contribution in [0.2, 0.25) is 0 Å². The second-order valence-electron chi connectivity index (χ2n) is 5.17. The molecule has 0 spiro atoms. The van der Waals surface area contributed by atoms with Crippen LogP contribution < -0.4 is 4.90 Å². The van der Waals surface area contributed by atoms with Gasteiger partial charge in [0.25, 0.3) is 0 Å². The van der Waals surface area contributed by atoms with E-state index in [4.69, 9.17) is 5.26 Å². The van der Waals surface area contributed by atoms with Crippen LogP contribution in [0.15, 0.2) is 42.5 Å². The lowest BCUT2D eigenvalue weighted by molar-refractivity contribution is 1.13. The predicted molar refractivity (Wildman–Crippen MR) is 94.0 cm³/mol. The third-order valence-electron chi connectivity index (χ3n) is 3.36. The molecule has 3 rings (SSSR count). The minimum atomic E-state index is 0.672. The van der Waals surface area contributed by atoms with Crippen molar-refractivity contribution in [1.82, 2.24) is 4.98 Å². The molecule has 0 aliphatic heterocycles. The molecule has 0 N–H and O–H groups in total. The van der Waals surface area contributed by atoms with Crippen molar-refractivity contribution in [2.45, 2.75) is 0 Å². The molecule has 1 heterocycles. The van der Waals surface area contributed by atoms with Crippen molar-refractivity contribution in [3.8, 4) is 6.07 Å². The molecule has 108 valence electrons. The van der Waals surface area contributed by atoms with Crippen LogP contribution in [0.25, 0.3) is 22.4 Å². The number of thiazole rings is 1. The fourth-order valence-electron chi connectivity index (χ4n) is 2.13. The number of rotatable bonds is 3. The molecule has 4 heteroatoms. The van der Waals surface area contributed by atoms with Crippen LogP contribution in [0.1, 0.15) is 16.1 Å². The number of benzene rings is 2. The average molecular weight is 305 g/mol. The first-order valence-electron chi connectivity index (χ1n) is 6.92. The molecular formula is C18H15N3S. The molecular weight excluding hydrogens is 290 g/mol. The van der Waals surface area contributed by atoms with E-state index in [1.54, 1.807) is 17.4 Å². The van der Waals surface area contributed by atoms with Crippen LogP contribution >= 0.6 is 11.3 Å². The molecule has 0 saturated heterocycles. The lowest BCUT2D eigenvalue weighted by Crippen LogP contribution is -2.07. The molecule has 3 nitrogen and oxygen atoms in total. The molecule has 0 aliphatic carbocycles. The topological polar surface area (TPSA) is 39.9 Å². The monoisotopic (exact) mass is 305 g/mol. The molecule has 0 fully saturated rings. The Morgan fingerprint density at radius 3 is 2.55 bits per heavy atom. The van der Waals surface area contributed by atoms with Crippen molar-refractivity contribution in [3.63, 3.8) is 0 Å². The lowest BCUT2D eigenvalue weighted by atomic mass is 10.2. The summed E-state index contributed by atoms with van der Waals surface area (Å²) >= 11 is 1.60. The Labute approximate surface area is 133 Å². The van der Waals surface area contributed by atoms with Crippen molar-refractivity contribution < 1.29 is 0 Å². The van der Waals surface area contributed by atoms with Gasteiger partial charge < -0.3 is 4.90 Å². The Morgan fingerprint density at radius 2 is 1.86 bits per heavy atom. The van der Waals surface area contributed by atoms with Crippen molar-refractivity contribution >= 4 is 39.4 Å². The van der Waals surface area contributed by atoms with Crippen LogP contribution in [-0.2, 0) is 0 Å². The second kappa shape index (κ2) is 6.00. The SMILES string of the molecule is CN(C)c1ccc(C=Cc2nc3ccc(C#N)cc3s2)cc1. The highest BCUT2D eigenvalue weighted by Crippen LogP contribution is 2.24. The summed E-state index contributed by atoms with van der Waals surface area (Å²) in [5.74, 6) is 0. The summed E-state index contributed by atoms with van der Waals surface area (Å²) < 4.78 is 1.04. The average Bonchev–Trinajstić information content (AvgIpc) is 2.95. The lowest BCUT2D eigenvalue weighted by Gasteiger charge is -2.11. The largest absolute Gasteiger partial charge is 0.378 e. The van der Waals surface area contributed by atoms with Crippen LogP contribution in [0.5, 0.6) is 0 Å². The third-order valence-corrected chi connectivity index (χ3v) is 4.35. The van der Waals surface area contributed by atoms with Gasteiger partial charge in [0.2, 0.25) is 0 Å². The first kappa shape index (κ1) is 14.3. The molecule has 2 aromatic carbocycles. The van der Waals surface area contributed by atoms with E-state index in [0.29, 0.717) is 5.56 Å². The fourth-order valence-corrected chi connectivity index (χ4v) is 3.04. The Balaban J connectivity index is 1.84. The minimum Gasteiger partial charge on any atom is -0.378 e. The van der Waals surface area contributed by atoms with Gasteiger partial charge in [-0.1, -0.05) is 18.2 Å². The van der Waals surface area contributed by atoms with Crippen LogP contribution in [0.4, 0.5) is 5.69 Å². The van der Waals surface area contributed by atoms with Crippen LogP contribution in [-0.4, -0.2) is 19.1 Å². The van der Waals surface area contributed by atoms with Crippen molar-refractivity contribution in [2.75, 3.05) is 19.0 Å².